The van der Waals surface area contributed by atoms with Gasteiger partial charge < -0.3 is 5.32 Å². The van der Waals surface area contributed by atoms with Gasteiger partial charge in [0.25, 0.3) is 5.91 Å². The van der Waals surface area contributed by atoms with Crippen LogP contribution in [0.15, 0.2) is 34.4 Å². The first-order valence-electron chi connectivity index (χ1n) is 3.82. The van der Waals surface area contributed by atoms with Crippen LogP contribution < -0.4 is 5.32 Å². The summed E-state index contributed by atoms with van der Waals surface area (Å²) in [6.45, 7) is 3.71. The number of nitrogens with one attached hydrogen (secondary N) is 1. The summed E-state index contributed by atoms with van der Waals surface area (Å²) >= 11 is 8.72. The van der Waals surface area contributed by atoms with E-state index in [9.17, 15) is 4.79 Å². The topological polar surface area (TPSA) is 42.0 Å². The molecule has 1 amide bonds. The Bertz CT molecular complexity index is 350. The summed E-state index contributed by atoms with van der Waals surface area (Å²) in [4.78, 5) is 15.3. The van der Waals surface area contributed by atoms with Crippen LogP contribution in [0.3, 0.4) is 0 Å². The highest BCUT2D eigenvalue weighted by molar-refractivity contribution is 9.10. The Hall–Kier alpha value is -0.870. The van der Waals surface area contributed by atoms with Crippen LogP contribution in [0.2, 0.25) is 0 Å². The molecule has 0 aromatic carbocycles. The van der Waals surface area contributed by atoms with Crippen molar-refractivity contribution in [3.8, 4) is 0 Å². The van der Waals surface area contributed by atoms with Crippen LogP contribution in [0.4, 0.5) is 0 Å². The van der Waals surface area contributed by atoms with Crippen molar-refractivity contribution in [2.24, 2.45) is 0 Å². The number of hydrogen-bond donors (Lipinski definition) is 1. The van der Waals surface area contributed by atoms with Crippen molar-refractivity contribution in [1.82, 2.24) is 10.3 Å². The highest BCUT2D eigenvalue weighted by Gasteiger charge is 2.05. The number of aromatic nitrogens is 1. The maximum atomic E-state index is 11.4. The first-order chi connectivity index (χ1) is 6.59. The Morgan fingerprint density at radius 1 is 1.64 bits per heavy atom. The van der Waals surface area contributed by atoms with Crippen molar-refractivity contribution in [2.75, 3.05) is 6.54 Å². The molecule has 74 valence electrons. The van der Waals surface area contributed by atoms with Crippen molar-refractivity contribution in [2.45, 2.75) is 0 Å². The Morgan fingerprint density at radius 2 is 2.36 bits per heavy atom. The maximum Gasteiger partial charge on any atom is 0.270 e. The first kappa shape index (κ1) is 11.2. The van der Waals surface area contributed by atoms with E-state index in [-0.39, 0.29) is 12.5 Å². The highest BCUT2D eigenvalue weighted by atomic mass is 79.9. The fourth-order valence-electron chi connectivity index (χ4n) is 0.777. The molecular formula is C9H8BrClN2O. The van der Waals surface area contributed by atoms with Gasteiger partial charge in [-0.2, -0.15) is 0 Å². The fraction of sp³-hybridized carbons (Fsp3) is 0.111. The molecule has 0 saturated heterocycles. The molecule has 0 fully saturated rings. The molecule has 3 nitrogen and oxygen atoms in total. The minimum absolute atomic E-state index is 0.248. The lowest BCUT2D eigenvalue weighted by atomic mass is 10.3. The Balaban J connectivity index is 2.61. The average molecular weight is 276 g/mol. The quantitative estimate of drug-likeness (QED) is 0.920. The van der Waals surface area contributed by atoms with Crippen LogP contribution in [0.5, 0.6) is 0 Å². The SMILES string of the molecule is C=C(Cl)CNC(=O)c1ccc(Br)cn1. The summed E-state index contributed by atoms with van der Waals surface area (Å²) in [6.07, 6.45) is 1.56. The fourth-order valence-corrected chi connectivity index (χ4v) is 1.08. The summed E-state index contributed by atoms with van der Waals surface area (Å²) in [7, 11) is 0. The molecule has 0 atom stereocenters. The Morgan fingerprint density at radius 3 is 2.86 bits per heavy atom. The van der Waals surface area contributed by atoms with Crippen molar-refractivity contribution >= 4 is 33.4 Å². The molecule has 0 bridgehead atoms. The summed E-state index contributed by atoms with van der Waals surface area (Å²) in [6, 6.07) is 3.37. The van der Waals surface area contributed by atoms with Crippen molar-refractivity contribution in [3.05, 3.63) is 40.1 Å². The molecule has 1 aromatic rings. The molecule has 5 heteroatoms. The molecule has 1 N–H and O–H groups in total. The van der Waals surface area contributed by atoms with E-state index in [1.807, 2.05) is 0 Å². The van der Waals surface area contributed by atoms with E-state index < -0.39 is 0 Å². The van der Waals surface area contributed by atoms with E-state index in [0.29, 0.717) is 10.7 Å². The van der Waals surface area contributed by atoms with Crippen LogP contribution in [0.1, 0.15) is 10.5 Å². The highest BCUT2D eigenvalue weighted by Crippen LogP contribution is 2.07. The largest absolute Gasteiger partial charge is 0.346 e. The third kappa shape index (κ3) is 3.47. The molecule has 0 spiro atoms. The third-order valence-electron chi connectivity index (χ3n) is 1.40. The van der Waals surface area contributed by atoms with Gasteiger partial charge in [0, 0.05) is 15.7 Å². The molecule has 0 radical (unpaired) electrons. The lowest BCUT2D eigenvalue weighted by molar-refractivity contribution is 0.0952. The second kappa shape index (κ2) is 5.12. The molecule has 14 heavy (non-hydrogen) atoms. The number of nitrogens with zero attached hydrogens (tertiary/aromatic N) is 1. The van der Waals surface area contributed by atoms with Crippen LogP contribution in [0, 0.1) is 0 Å². The van der Waals surface area contributed by atoms with Crippen LogP contribution >= 0.6 is 27.5 Å². The second-order valence-electron chi connectivity index (χ2n) is 2.56. The van der Waals surface area contributed by atoms with Gasteiger partial charge in [-0.3, -0.25) is 4.79 Å². The molecular weight excluding hydrogens is 267 g/mol. The van der Waals surface area contributed by atoms with E-state index in [1.165, 1.54) is 0 Å². The van der Waals surface area contributed by atoms with Gasteiger partial charge >= 0.3 is 0 Å². The zero-order chi connectivity index (χ0) is 10.6. The van der Waals surface area contributed by atoms with E-state index >= 15 is 0 Å². The van der Waals surface area contributed by atoms with Gasteiger partial charge in [-0.25, -0.2) is 4.98 Å². The zero-order valence-corrected chi connectivity index (χ0v) is 9.60. The lowest BCUT2D eigenvalue weighted by Crippen LogP contribution is -2.25. The Labute approximate surface area is 95.3 Å². The molecule has 0 aliphatic carbocycles. The van der Waals surface area contributed by atoms with Gasteiger partial charge in [0.15, 0.2) is 0 Å². The first-order valence-corrected chi connectivity index (χ1v) is 4.99. The summed E-state index contributed by atoms with van der Waals surface area (Å²) in [5.74, 6) is -0.265. The van der Waals surface area contributed by atoms with Gasteiger partial charge in [-0.1, -0.05) is 18.2 Å². The number of halogens is 2. The van der Waals surface area contributed by atoms with Gasteiger partial charge in [0.1, 0.15) is 5.69 Å². The monoisotopic (exact) mass is 274 g/mol. The predicted molar refractivity (Wildman–Crippen MR) is 59.3 cm³/mol. The van der Waals surface area contributed by atoms with E-state index in [0.717, 1.165) is 4.47 Å². The number of hydrogen-bond acceptors (Lipinski definition) is 2. The van der Waals surface area contributed by atoms with E-state index in [2.05, 4.69) is 32.8 Å². The van der Waals surface area contributed by atoms with E-state index in [4.69, 9.17) is 11.6 Å². The molecule has 0 aliphatic rings. The lowest BCUT2D eigenvalue weighted by Gasteiger charge is -2.02. The number of pyridine rings is 1. The van der Waals surface area contributed by atoms with Crippen molar-refractivity contribution in [1.29, 1.82) is 0 Å². The standard InChI is InChI=1S/C9H8BrClN2O/c1-6(11)4-13-9(14)8-3-2-7(10)5-12-8/h2-3,5H,1,4H2,(H,13,14). The molecule has 1 heterocycles. The normalized spacial score (nSPS) is 9.57. The third-order valence-corrected chi connectivity index (χ3v) is 2.00. The number of carbonyl (C=O) groups excluding carboxylic acids is 1. The zero-order valence-electron chi connectivity index (χ0n) is 7.26. The van der Waals surface area contributed by atoms with E-state index in [1.54, 1.807) is 18.3 Å². The number of rotatable bonds is 3. The molecule has 1 rings (SSSR count). The molecule has 0 unspecified atom stereocenters. The number of amides is 1. The minimum atomic E-state index is -0.265. The summed E-state index contributed by atoms with van der Waals surface area (Å²) in [5, 5.41) is 2.95. The van der Waals surface area contributed by atoms with Gasteiger partial charge in [0.2, 0.25) is 0 Å². The average Bonchev–Trinajstić information content (AvgIpc) is 2.15. The molecule has 0 aliphatic heterocycles. The van der Waals surface area contributed by atoms with Gasteiger partial charge in [0.05, 0.1) is 6.54 Å². The summed E-state index contributed by atoms with van der Waals surface area (Å²) < 4.78 is 0.829. The number of carbonyl (C=O) groups is 1. The second-order valence-corrected chi connectivity index (χ2v) is 4.01. The Kier molecular flexibility index (Phi) is 4.10. The van der Waals surface area contributed by atoms with Crippen LogP contribution in [0.25, 0.3) is 0 Å². The maximum absolute atomic E-state index is 11.4. The smallest absolute Gasteiger partial charge is 0.270 e. The van der Waals surface area contributed by atoms with Gasteiger partial charge in [-0.05, 0) is 28.1 Å². The van der Waals surface area contributed by atoms with Crippen molar-refractivity contribution in [3.63, 3.8) is 0 Å². The summed E-state index contributed by atoms with van der Waals surface area (Å²) in [5.41, 5.74) is 0.353. The van der Waals surface area contributed by atoms with Crippen molar-refractivity contribution < 1.29 is 4.79 Å². The van der Waals surface area contributed by atoms with Crippen LogP contribution in [-0.4, -0.2) is 17.4 Å². The van der Waals surface area contributed by atoms with Crippen LogP contribution in [-0.2, 0) is 0 Å². The van der Waals surface area contributed by atoms with Gasteiger partial charge in [-0.15, -0.1) is 0 Å². The predicted octanol–water partition coefficient (Wildman–Crippen LogP) is 2.33. The minimum Gasteiger partial charge on any atom is -0.346 e. The molecule has 0 saturated carbocycles. The molecule has 1 aromatic heterocycles.